The van der Waals surface area contributed by atoms with Crippen molar-refractivity contribution in [1.29, 1.82) is 5.41 Å². The Hall–Kier alpha value is -1.47. The van der Waals surface area contributed by atoms with E-state index in [9.17, 15) is 14.4 Å². The van der Waals surface area contributed by atoms with Crippen LogP contribution in [-0.2, 0) is 23.9 Å². The first-order chi connectivity index (χ1) is 6.90. The standard InChI is InChI=1S/C7H8ClNO6/c1-14-3(10)2-15-5(7(12)13)4(11)6(8)9/h5,9H,2H2,1H3,(H,12,13). The number of aliphatic carboxylic acids is 1. The summed E-state index contributed by atoms with van der Waals surface area (Å²) in [6.07, 6.45) is -1.96. The zero-order valence-electron chi connectivity index (χ0n) is 7.65. The molecule has 0 rings (SSSR count). The van der Waals surface area contributed by atoms with Gasteiger partial charge in [0.05, 0.1) is 7.11 Å². The highest BCUT2D eigenvalue weighted by Gasteiger charge is 2.30. The average Bonchev–Trinajstić information content (AvgIpc) is 2.16. The number of ketones is 1. The van der Waals surface area contributed by atoms with E-state index in [4.69, 9.17) is 22.1 Å². The number of carboxylic acid groups (broad SMARTS) is 1. The number of hydrogen-bond acceptors (Lipinski definition) is 6. The second kappa shape index (κ2) is 6.10. The molecule has 0 aromatic rings. The Morgan fingerprint density at radius 1 is 1.47 bits per heavy atom. The van der Waals surface area contributed by atoms with Gasteiger partial charge in [-0.15, -0.1) is 0 Å². The number of carboxylic acids is 1. The van der Waals surface area contributed by atoms with Crippen LogP contribution < -0.4 is 0 Å². The van der Waals surface area contributed by atoms with Gasteiger partial charge in [-0.3, -0.25) is 10.2 Å². The van der Waals surface area contributed by atoms with Gasteiger partial charge in [0.25, 0.3) is 0 Å². The predicted molar refractivity (Wildman–Crippen MR) is 48.0 cm³/mol. The third-order valence-electron chi connectivity index (χ3n) is 1.27. The van der Waals surface area contributed by atoms with E-state index in [0.717, 1.165) is 7.11 Å². The summed E-state index contributed by atoms with van der Waals surface area (Å²) in [4.78, 5) is 32.1. The highest BCUT2D eigenvalue weighted by atomic mass is 35.5. The Morgan fingerprint density at radius 3 is 2.33 bits per heavy atom. The van der Waals surface area contributed by atoms with Gasteiger partial charge in [0.2, 0.25) is 11.9 Å². The summed E-state index contributed by atoms with van der Waals surface area (Å²) in [6.45, 7) is -0.705. The van der Waals surface area contributed by atoms with Crippen LogP contribution in [0.25, 0.3) is 0 Å². The monoisotopic (exact) mass is 237 g/mol. The van der Waals surface area contributed by atoms with Crippen LogP contribution in [-0.4, -0.2) is 47.8 Å². The molecule has 1 atom stereocenters. The van der Waals surface area contributed by atoms with Crippen molar-refractivity contribution in [2.24, 2.45) is 0 Å². The summed E-state index contributed by atoms with van der Waals surface area (Å²) in [5, 5.41) is 14.3. The molecule has 0 heterocycles. The van der Waals surface area contributed by atoms with Crippen molar-refractivity contribution in [3.05, 3.63) is 0 Å². The zero-order valence-corrected chi connectivity index (χ0v) is 8.41. The Balaban J connectivity index is 4.43. The van der Waals surface area contributed by atoms with Crippen molar-refractivity contribution in [3.8, 4) is 0 Å². The molecular weight excluding hydrogens is 230 g/mol. The second-order valence-electron chi connectivity index (χ2n) is 2.28. The van der Waals surface area contributed by atoms with Gasteiger partial charge in [-0.1, -0.05) is 11.6 Å². The second-order valence-corrected chi connectivity index (χ2v) is 2.66. The molecule has 15 heavy (non-hydrogen) atoms. The lowest BCUT2D eigenvalue weighted by Gasteiger charge is -2.09. The number of hydrogen-bond donors (Lipinski definition) is 2. The smallest absolute Gasteiger partial charge is 0.341 e. The predicted octanol–water partition coefficient (Wildman–Crippen LogP) is -0.586. The number of esters is 1. The number of carbonyl (C=O) groups excluding carboxylic acids is 2. The number of carbonyl (C=O) groups is 3. The number of methoxy groups -OCH3 is 1. The number of rotatable bonds is 6. The molecule has 7 nitrogen and oxygen atoms in total. The third kappa shape index (κ3) is 4.52. The van der Waals surface area contributed by atoms with Gasteiger partial charge in [0, 0.05) is 0 Å². The fraction of sp³-hybridized carbons (Fsp3) is 0.429. The molecule has 1 unspecified atom stereocenters. The summed E-state index contributed by atoms with van der Waals surface area (Å²) in [6, 6.07) is 0. The van der Waals surface area contributed by atoms with Crippen LogP contribution in [0.2, 0.25) is 0 Å². The van der Waals surface area contributed by atoms with Gasteiger partial charge >= 0.3 is 11.9 Å². The van der Waals surface area contributed by atoms with Gasteiger partial charge < -0.3 is 14.6 Å². The maximum Gasteiger partial charge on any atom is 0.341 e. The molecule has 0 fully saturated rings. The van der Waals surface area contributed by atoms with Crippen molar-refractivity contribution in [1.82, 2.24) is 0 Å². The molecule has 0 radical (unpaired) electrons. The van der Waals surface area contributed by atoms with Crippen molar-refractivity contribution in [2.75, 3.05) is 13.7 Å². The minimum Gasteiger partial charge on any atom is -0.479 e. The Morgan fingerprint density at radius 2 is 2.00 bits per heavy atom. The van der Waals surface area contributed by atoms with Crippen LogP contribution in [0.1, 0.15) is 0 Å². The van der Waals surface area contributed by atoms with Crippen molar-refractivity contribution >= 4 is 34.5 Å². The lowest BCUT2D eigenvalue weighted by atomic mass is 10.2. The fourth-order valence-electron chi connectivity index (χ4n) is 0.585. The zero-order chi connectivity index (χ0) is 12.0. The van der Waals surface area contributed by atoms with Crippen LogP contribution in [0.3, 0.4) is 0 Å². The first kappa shape index (κ1) is 13.5. The van der Waals surface area contributed by atoms with Crippen LogP contribution in [0.15, 0.2) is 0 Å². The topological polar surface area (TPSA) is 114 Å². The molecule has 0 bridgehead atoms. The first-order valence-electron chi connectivity index (χ1n) is 3.59. The first-order valence-corrected chi connectivity index (χ1v) is 3.97. The number of Topliss-reactive ketones (excluding diaryl/α,β-unsaturated/α-hetero) is 1. The molecule has 0 aliphatic rings. The molecule has 2 N–H and O–H groups in total. The average molecular weight is 238 g/mol. The molecule has 0 saturated carbocycles. The van der Waals surface area contributed by atoms with E-state index in [-0.39, 0.29) is 0 Å². The van der Waals surface area contributed by atoms with Gasteiger partial charge in [0.1, 0.15) is 6.61 Å². The van der Waals surface area contributed by atoms with E-state index in [1.165, 1.54) is 0 Å². The van der Waals surface area contributed by atoms with Gasteiger partial charge in [-0.05, 0) is 0 Å². The van der Waals surface area contributed by atoms with Gasteiger partial charge in [0.15, 0.2) is 5.17 Å². The minimum absolute atomic E-state index is 0.705. The lowest BCUT2D eigenvalue weighted by Crippen LogP contribution is -2.37. The van der Waals surface area contributed by atoms with E-state index in [1.807, 2.05) is 0 Å². The van der Waals surface area contributed by atoms with E-state index >= 15 is 0 Å². The van der Waals surface area contributed by atoms with Crippen molar-refractivity contribution < 1.29 is 29.0 Å². The number of halogens is 1. The molecular formula is C7H8ClNO6. The van der Waals surface area contributed by atoms with Crippen LogP contribution in [0.5, 0.6) is 0 Å². The van der Waals surface area contributed by atoms with Crippen LogP contribution >= 0.6 is 11.6 Å². The normalized spacial score (nSPS) is 11.6. The molecule has 0 aliphatic carbocycles. The molecule has 0 aromatic heterocycles. The molecule has 0 saturated heterocycles. The maximum atomic E-state index is 11.0. The largest absolute Gasteiger partial charge is 0.479 e. The molecule has 8 heteroatoms. The summed E-state index contributed by atoms with van der Waals surface area (Å²) in [5.41, 5.74) is 0. The summed E-state index contributed by atoms with van der Waals surface area (Å²) < 4.78 is 8.60. The SMILES string of the molecule is COC(=O)COC(C(=O)O)C(=O)C(=N)Cl. The van der Waals surface area contributed by atoms with Crippen molar-refractivity contribution in [3.63, 3.8) is 0 Å². The quantitative estimate of drug-likeness (QED) is 0.363. The molecule has 0 amide bonds. The summed E-state index contributed by atoms with van der Waals surface area (Å²) >= 11 is 4.99. The van der Waals surface area contributed by atoms with Gasteiger partial charge in [-0.2, -0.15) is 0 Å². The number of nitrogens with one attached hydrogen (secondary N) is 1. The summed E-state index contributed by atoms with van der Waals surface area (Å²) in [5.74, 6) is -3.70. The number of ether oxygens (including phenoxy) is 2. The molecule has 0 spiro atoms. The molecule has 0 aromatic carbocycles. The van der Waals surface area contributed by atoms with E-state index in [2.05, 4.69) is 9.47 Å². The minimum atomic E-state index is -1.96. The van der Waals surface area contributed by atoms with E-state index in [1.54, 1.807) is 0 Å². The van der Waals surface area contributed by atoms with Crippen LogP contribution in [0.4, 0.5) is 0 Å². The molecule has 84 valence electrons. The van der Waals surface area contributed by atoms with E-state index in [0.29, 0.717) is 0 Å². The Bertz CT molecular complexity index is 302. The third-order valence-corrected chi connectivity index (χ3v) is 1.46. The molecule has 0 aliphatic heterocycles. The van der Waals surface area contributed by atoms with Crippen LogP contribution in [0, 0.1) is 5.41 Å². The maximum absolute atomic E-state index is 11.0. The highest BCUT2D eigenvalue weighted by Crippen LogP contribution is 1.99. The Kier molecular flexibility index (Phi) is 5.50. The fourth-order valence-corrected chi connectivity index (χ4v) is 0.684. The lowest BCUT2D eigenvalue weighted by molar-refractivity contribution is -0.159. The summed E-state index contributed by atoms with van der Waals surface area (Å²) in [7, 11) is 1.08. The highest BCUT2D eigenvalue weighted by molar-refractivity contribution is 6.83. The van der Waals surface area contributed by atoms with Crippen molar-refractivity contribution in [2.45, 2.75) is 6.10 Å². The van der Waals surface area contributed by atoms with Gasteiger partial charge in [-0.25, -0.2) is 9.59 Å². The Labute approximate surface area is 89.4 Å². The van der Waals surface area contributed by atoms with E-state index < -0.39 is 35.6 Å².